The fourth-order valence-electron chi connectivity index (χ4n) is 4.42. The first-order valence-electron chi connectivity index (χ1n) is 10.9. The molecule has 2 aromatic heterocycles. The molecule has 0 bridgehead atoms. The number of halogens is 1. The summed E-state index contributed by atoms with van der Waals surface area (Å²) in [6.45, 7) is 5.96. The van der Waals surface area contributed by atoms with Gasteiger partial charge in [-0.25, -0.2) is 4.98 Å². The number of aromatic amines is 1. The Bertz CT molecular complexity index is 1240. The number of aromatic nitrogens is 2. The summed E-state index contributed by atoms with van der Waals surface area (Å²) < 4.78 is 0. The Labute approximate surface area is 193 Å². The highest BCUT2D eigenvalue weighted by Crippen LogP contribution is 2.25. The first-order chi connectivity index (χ1) is 15.3. The molecule has 32 heavy (non-hydrogen) atoms. The molecule has 4 aromatic rings. The average Bonchev–Trinajstić information content (AvgIpc) is 2.82. The lowest BCUT2D eigenvalue weighted by atomic mass is 10.1. The van der Waals surface area contributed by atoms with Crippen molar-refractivity contribution in [3.8, 4) is 0 Å². The van der Waals surface area contributed by atoms with Crippen molar-refractivity contribution in [2.45, 2.75) is 6.42 Å². The molecule has 0 radical (unpaired) electrons. The van der Waals surface area contributed by atoms with E-state index in [9.17, 15) is 4.79 Å². The topological polar surface area (TPSA) is 64.3 Å². The summed E-state index contributed by atoms with van der Waals surface area (Å²) in [6.07, 6.45) is 2.95. The van der Waals surface area contributed by atoms with Crippen LogP contribution in [-0.2, 0) is 0 Å². The van der Waals surface area contributed by atoms with E-state index in [1.54, 1.807) is 6.07 Å². The van der Waals surface area contributed by atoms with Gasteiger partial charge >= 0.3 is 0 Å². The third-order valence-electron chi connectivity index (χ3n) is 6.04. The molecule has 1 saturated heterocycles. The van der Waals surface area contributed by atoms with Crippen LogP contribution in [0.3, 0.4) is 0 Å². The number of benzene rings is 2. The van der Waals surface area contributed by atoms with Crippen molar-refractivity contribution >= 4 is 45.6 Å². The average molecular weight is 450 g/mol. The van der Waals surface area contributed by atoms with Crippen LogP contribution in [0, 0.1) is 0 Å². The summed E-state index contributed by atoms with van der Waals surface area (Å²) in [6, 6.07) is 20.1. The SMILES string of the molecule is Cl.O=c1cc(NCCCN2CCN(c3nccc4ccccc34)CC2)c2ccccc2[nH]1. The molecule has 0 aliphatic carbocycles. The van der Waals surface area contributed by atoms with Crippen LogP contribution in [0.25, 0.3) is 21.7 Å². The highest BCUT2D eigenvalue weighted by Gasteiger charge is 2.19. The minimum Gasteiger partial charge on any atom is -0.384 e. The largest absolute Gasteiger partial charge is 0.384 e. The molecule has 0 atom stereocenters. The second-order valence-corrected chi connectivity index (χ2v) is 8.06. The van der Waals surface area contributed by atoms with Crippen LogP contribution in [0.1, 0.15) is 6.42 Å². The molecule has 0 spiro atoms. The fourth-order valence-corrected chi connectivity index (χ4v) is 4.42. The van der Waals surface area contributed by atoms with E-state index in [0.29, 0.717) is 0 Å². The molecule has 166 valence electrons. The summed E-state index contributed by atoms with van der Waals surface area (Å²) in [4.78, 5) is 24.4. The van der Waals surface area contributed by atoms with Crippen molar-refractivity contribution in [2.75, 3.05) is 49.5 Å². The lowest BCUT2D eigenvalue weighted by molar-refractivity contribution is 0.257. The third kappa shape index (κ3) is 4.71. The van der Waals surface area contributed by atoms with Gasteiger partial charge in [0.1, 0.15) is 5.82 Å². The molecule has 1 aliphatic heterocycles. The molecular weight excluding hydrogens is 422 g/mol. The molecule has 2 N–H and O–H groups in total. The smallest absolute Gasteiger partial charge is 0.250 e. The molecule has 5 rings (SSSR count). The maximum Gasteiger partial charge on any atom is 0.250 e. The van der Waals surface area contributed by atoms with Crippen LogP contribution in [0.15, 0.2) is 71.7 Å². The summed E-state index contributed by atoms with van der Waals surface area (Å²) in [5.74, 6) is 1.10. The van der Waals surface area contributed by atoms with Gasteiger partial charge in [-0.1, -0.05) is 42.5 Å². The third-order valence-corrected chi connectivity index (χ3v) is 6.04. The molecule has 7 heteroatoms. The minimum atomic E-state index is -0.0700. The van der Waals surface area contributed by atoms with Crippen LogP contribution in [0.2, 0.25) is 0 Å². The van der Waals surface area contributed by atoms with Gasteiger partial charge in [-0.15, -0.1) is 12.4 Å². The van der Waals surface area contributed by atoms with Gasteiger partial charge in [0.05, 0.1) is 5.52 Å². The minimum absolute atomic E-state index is 0. The van der Waals surface area contributed by atoms with E-state index in [1.807, 2.05) is 30.5 Å². The first kappa shape index (κ1) is 22.1. The second kappa shape index (κ2) is 10.0. The lowest BCUT2D eigenvalue weighted by Gasteiger charge is -2.35. The molecule has 0 amide bonds. The van der Waals surface area contributed by atoms with Crippen molar-refractivity contribution in [3.63, 3.8) is 0 Å². The van der Waals surface area contributed by atoms with E-state index in [0.717, 1.165) is 68.1 Å². The van der Waals surface area contributed by atoms with Crippen LogP contribution in [0.5, 0.6) is 0 Å². The molecule has 1 aliphatic rings. The Morgan fingerprint density at radius 3 is 2.53 bits per heavy atom. The van der Waals surface area contributed by atoms with Crippen molar-refractivity contribution in [1.82, 2.24) is 14.9 Å². The predicted octanol–water partition coefficient (Wildman–Crippen LogP) is 4.12. The number of anilines is 2. The number of H-pyrrole nitrogens is 1. The Morgan fingerprint density at radius 2 is 1.69 bits per heavy atom. The van der Waals surface area contributed by atoms with Gasteiger partial charge in [0.15, 0.2) is 0 Å². The molecular formula is C25H28ClN5O. The number of piperazine rings is 1. The van der Waals surface area contributed by atoms with Crippen LogP contribution < -0.4 is 15.8 Å². The molecule has 1 fully saturated rings. The summed E-state index contributed by atoms with van der Waals surface area (Å²) >= 11 is 0. The lowest BCUT2D eigenvalue weighted by Crippen LogP contribution is -2.47. The number of fused-ring (bicyclic) bond motifs is 2. The van der Waals surface area contributed by atoms with Crippen LogP contribution >= 0.6 is 12.4 Å². The maximum atomic E-state index is 11.9. The second-order valence-electron chi connectivity index (χ2n) is 8.06. The molecule has 3 heterocycles. The van der Waals surface area contributed by atoms with Gasteiger partial charge in [-0.05, 0) is 30.5 Å². The first-order valence-corrected chi connectivity index (χ1v) is 10.9. The number of nitrogens with one attached hydrogen (secondary N) is 2. The van der Waals surface area contributed by atoms with E-state index < -0.39 is 0 Å². The maximum absolute atomic E-state index is 11.9. The Morgan fingerprint density at radius 1 is 0.938 bits per heavy atom. The number of hydrogen-bond acceptors (Lipinski definition) is 5. The predicted molar refractivity (Wildman–Crippen MR) is 135 cm³/mol. The quantitative estimate of drug-likeness (QED) is 0.433. The van der Waals surface area contributed by atoms with Crippen molar-refractivity contribution < 1.29 is 0 Å². The van der Waals surface area contributed by atoms with Gasteiger partial charge in [-0.2, -0.15) is 0 Å². The Hall–Kier alpha value is -3.09. The van der Waals surface area contributed by atoms with Crippen molar-refractivity contribution in [3.05, 3.63) is 77.2 Å². The van der Waals surface area contributed by atoms with Crippen molar-refractivity contribution in [2.24, 2.45) is 0 Å². The fraction of sp³-hybridized carbons (Fsp3) is 0.280. The zero-order valence-corrected chi connectivity index (χ0v) is 18.8. The van der Waals surface area contributed by atoms with Gasteiger partial charge < -0.3 is 15.2 Å². The highest BCUT2D eigenvalue weighted by molar-refractivity contribution is 5.92. The van der Waals surface area contributed by atoms with E-state index in [1.165, 1.54) is 10.8 Å². The van der Waals surface area contributed by atoms with E-state index in [2.05, 4.69) is 55.4 Å². The summed E-state index contributed by atoms with van der Waals surface area (Å²) in [5.41, 5.74) is 1.71. The number of rotatable bonds is 6. The van der Waals surface area contributed by atoms with E-state index in [-0.39, 0.29) is 18.0 Å². The van der Waals surface area contributed by atoms with E-state index in [4.69, 9.17) is 0 Å². The highest BCUT2D eigenvalue weighted by atomic mass is 35.5. The molecule has 0 saturated carbocycles. The number of pyridine rings is 2. The standard InChI is InChI=1S/C25H27N5O.ClH/c31-24-18-23(21-8-3-4-9-22(21)28-24)26-11-5-13-29-14-16-30(17-15-29)25-20-7-2-1-6-19(20)10-12-27-25;/h1-4,6-10,12,18H,5,11,13-17H2,(H2,26,28,31);1H. The number of para-hydroxylation sites is 1. The van der Waals surface area contributed by atoms with Crippen molar-refractivity contribution in [1.29, 1.82) is 0 Å². The monoisotopic (exact) mass is 449 g/mol. The zero-order valence-electron chi connectivity index (χ0n) is 18.0. The van der Waals surface area contributed by atoms with E-state index >= 15 is 0 Å². The normalized spacial score (nSPS) is 14.4. The summed E-state index contributed by atoms with van der Waals surface area (Å²) in [5, 5.41) is 6.98. The number of nitrogens with zero attached hydrogens (tertiary/aromatic N) is 3. The van der Waals surface area contributed by atoms with Crippen LogP contribution in [0.4, 0.5) is 11.5 Å². The van der Waals surface area contributed by atoms with Gasteiger partial charge in [-0.3, -0.25) is 9.69 Å². The number of hydrogen-bond donors (Lipinski definition) is 2. The Kier molecular flexibility index (Phi) is 6.93. The zero-order chi connectivity index (χ0) is 21.0. The molecule has 2 aromatic carbocycles. The molecule has 0 unspecified atom stereocenters. The molecule has 6 nitrogen and oxygen atoms in total. The Balaban J connectivity index is 0.00000245. The van der Waals surface area contributed by atoms with Crippen LogP contribution in [-0.4, -0.2) is 54.1 Å². The van der Waals surface area contributed by atoms with Gasteiger partial charge in [0, 0.05) is 61.4 Å². The summed E-state index contributed by atoms with van der Waals surface area (Å²) in [7, 11) is 0. The van der Waals surface area contributed by atoms with Gasteiger partial charge in [0.25, 0.3) is 0 Å². The van der Waals surface area contributed by atoms with Gasteiger partial charge in [0.2, 0.25) is 5.56 Å².